The van der Waals surface area contributed by atoms with E-state index < -0.39 is 11.9 Å². The highest BCUT2D eigenvalue weighted by Gasteiger charge is 2.11. The van der Waals surface area contributed by atoms with Crippen LogP contribution in [0.15, 0.2) is 54.6 Å². The molecule has 0 radical (unpaired) electrons. The molecule has 2 aromatic rings. The van der Waals surface area contributed by atoms with Gasteiger partial charge in [-0.2, -0.15) is 0 Å². The molecule has 7 nitrogen and oxygen atoms in total. The maximum Gasteiger partial charge on any atom is 0.331 e. The zero-order valence-electron chi connectivity index (χ0n) is 17.0. The van der Waals surface area contributed by atoms with Crippen molar-refractivity contribution in [2.45, 2.75) is 6.92 Å². The number of nitrogens with zero attached hydrogens (tertiary/aromatic N) is 1. The van der Waals surface area contributed by atoms with Gasteiger partial charge in [0.2, 0.25) is 0 Å². The van der Waals surface area contributed by atoms with E-state index in [1.807, 2.05) is 55.5 Å². The number of hydrogen-bond acceptors (Lipinski definition) is 6. The number of morpholine rings is 1. The molecule has 158 valence electrons. The highest BCUT2D eigenvalue weighted by atomic mass is 16.5. The zero-order chi connectivity index (χ0) is 21.2. The molecule has 1 amide bonds. The standard InChI is InChI=1S/C23H26N2O5/c1-2-29-21-10-3-18(4-11-21)5-12-23(27)30-17-22(26)24-19-6-8-20(9-7-19)25-13-15-28-16-14-25/h3-12H,2,13-17H2,1H3,(H,24,26)/b12-5+. The Hall–Kier alpha value is -3.32. The van der Waals surface area contributed by atoms with Crippen LogP contribution in [0.4, 0.5) is 11.4 Å². The van der Waals surface area contributed by atoms with Crippen LogP contribution < -0.4 is 15.0 Å². The van der Waals surface area contributed by atoms with Crippen molar-refractivity contribution in [1.82, 2.24) is 0 Å². The highest BCUT2D eigenvalue weighted by Crippen LogP contribution is 2.19. The van der Waals surface area contributed by atoms with Gasteiger partial charge in [0.25, 0.3) is 5.91 Å². The van der Waals surface area contributed by atoms with Crippen molar-refractivity contribution in [3.63, 3.8) is 0 Å². The first-order chi connectivity index (χ1) is 14.6. The molecule has 7 heteroatoms. The molecule has 3 rings (SSSR count). The smallest absolute Gasteiger partial charge is 0.331 e. The van der Waals surface area contributed by atoms with Crippen molar-refractivity contribution in [2.24, 2.45) is 0 Å². The molecule has 1 saturated heterocycles. The molecule has 0 bridgehead atoms. The monoisotopic (exact) mass is 410 g/mol. The van der Waals surface area contributed by atoms with E-state index in [0.29, 0.717) is 12.3 Å². The van der Waals surface area contributed by atoms with Gasteiger partial charge >= 0.3 is 5.97 Å². The third-order valence-electron chi connectivity index (χ3n) is 4.48. The lowest BCUT2D eigenvalue weighted by Gasteiger charge is -2.28. The normalized spacial score (nSPS) is 13.8. The van der Waals surface area contributed by atoms with Crippen LogP contribution >= 0.6 is 0 Å². The fourth-order valence-electron chi connectivity index (χ4n) is 2.97. The van der Waals surface area contributed by atoms with Crippen LogP contribution in [0.5, 0.6) is 5.75 Å². The summed E-state index contributed by atoms with van der Waals surface area (Å²) in [5, 5.41) is 2.72. The van der Waals surface area contributed by atoms with Gasteiger partial charge in [0.1, 0.15) is 5.75 Å². The maximum atomic E-state index is 12.0. The number of carbonyl (C=O) groups is 2. The molecule has 1 N–H and O–H groups in total. The topological polar surface area (TPSA) is 77.1 Å². The fourth-order valence-corrected chi connectivity index (χ4v) is 2.97. The van der Waals surface area contributed by atoms with Crippen LogP contribution in [0.2, 0.25) is 0 Å². The molecule has 2 aromatic carbocycles. The summed E-state index contributed by atoms with van der Waals surface area (Å²) in [5.74, 6) is -0.203. The number of benzene rings is 2. The van der Waals surface area contributed by atoms with Gasteiger partial charge in [-0.15, -0.1) is 0 Å². The lowest BCUT2D eigenvalue weighted by Crippen LogP contribution is -2.36. The van der Waals surface area contributed by atoms with Gasteiger partial charge in [-0.05, 0) is 55.0 Å². The molecule has 1 heterocycles. The van der Waals surface area contributed by atoms with Crippen LogP contribution in [0.25, 0.3) is 6.08 Å². The van der Waals surface area contributed by atoms with Crippen molar-refractivity contribution >= 4 is 29.3 Å². The molecule has 30 heavy (non-hydrogen) atoms. The van der Waals surface area contributed by atoms with Gasteiger partial charge in [-0.25, -0.2) is 4.79 Å². The van der Waals surface area contributed by atoms with E-state index in [0.717, 1.165) is 43.3 Å². The summed E-state index contributed by atoms with van der Waals surface area (Å²) in [4.78, 5) is 26.1. The number of ether oxygens (including phenoxy) is 3. The Kier molecular flexibility index (Phi) is 7.86. The lowest BCUT2D eigenvalue weighted by molar-refractivity contribution is -0.142. The largest absolute Gasteiger partial charge is 0.494 e. The van der Waals surface area contributed by atoms with Crippen molar-refractivity contribution in [1.29, 1.82) is 0 Å². The first kappa shape index (κ1) is 21.4. The molecule has 0 spiro atoms. The van der Waals surface area contributed by atoms with E-state index in [1.165, 1.54) is 6.08 Å². The Morgan fingerprint density at radius 3 is 2.43 bits per heavy atom. The molecule has 1 aliphatic heterocycles. The quantitative estimate of drug-likeness (QED) is 0.532. The van der Waals surface area contributed by atoms with Crippen molar-refractivity contribution in [3.8, 4) is 5.75 Å². The van der Waals surface area contributed by atoms with E-state index in [4.69, 9.17) is 14.2 Å². The minimum Gasteiger partial charge on any atom is -0.494 e. The Morgan fingerprint density at radius 2 is 1.77 bits per heavy atom. The van der Waals surface area contributed by atoms with Crippen molar-refractivity contribution < 1.29 is 23.8 Å². The molecule has 0 saturated carbocycles. The molecule has 1 fully saturated rings. The highest BCUT2D eigenvalue weighted by molar-refractivity contribution is 5.94. The van der Waals surface area contributed by atoms with Crippen LogP contribution in [0.3, 0.4) is 0 Å². The summed E-state index contributed by atoms with van der Waals surface area (Å²) >= 11 is 0. The molecular weight excluding hydrogens is 384 g/mol. The SMILES string of the molecule is CCOc1ccc(/C=C/C(=O)OCC(=O)Nc2ccc(N3CCOCC3)cc2)cc1. The van der Waals surface area contributed by atoms with E-state index in [2.05, 4.69) is 10.2 Å². The van der Waals surface area contributed by atoms with Gasteiger partial charge in [-0.3, -0.25) is 4.79 Å². The van der Waals surface area contributed by atoms with Gasteiger partial charge in [0, 0.05) is 30.5 Å². The minimum atomic E-state index is -0.582. The Labute approximate surface area is 176 Å². The fraction of sp³-hybridized carbons (Fsp3) is 0.304. The van der Waals surface area contributed by atoms with Crippen LogP contribution in [-0.4, -0.2) is 51.4 Å². The first-order valence-corrected chi connectivity index (χ1v) is 9.94. The second-order valence-electron chi connectivity index (χ2n) is 6.64. The van der Waals surface area contributed by atoms with Gasteiger partial charge < -0.3 is 24.4 Å². The van der Waals surface area contributed by atoms with E-state index in [1.54, 1.807) is 6.08 Å². The van der Waals surface area contributed by atoms with Crippen LogP contribution in [0, 0.1) is 0 Å². The Bertz CT molecular complexity index is 856. The number of hydrogen-bond donors (Lipinski definition) is 1. The molecule has 0 atom stereocenters. The van der Waals surface area contributed by atoms with Gasteiger partial charge in [0.05, 0.1) is 19.8 Å². The number of amides is 1. The molecule has 0 aromatic heterocycles. The van der Waals surface area contributed by atoms with Crippen LogP contribution in [-0.2, 0) is 19.1 Å². The summed E-state index contributed by atoms with van der Waals surface area (Å²) in [6.07, 6.45) is 2.92. The molecule has 0 unspecified atom stereocenters. The average Bonchev–Trinajstić information content (AvgIpc) is 2.78. The number of carbonyl (C=O) groups excluding carboxylic acids is 2. The van der Waals surface area contributed by atoms with E-state index in [-0.39, 0.29) is 6.61 Å². The predicted octanol–water partition coefficient (Wildman–Crippen LogP) is 3.12. The van der Waals surface area contributed by atoms with Gasteiger partial charge in [0.15, 0.2) is 6.61 Å². The predicted molar refractivity (Wildman–Crippen MR) is 116 cm³/mol. The molecular formula is C23H26N2O5. The second kappa shape index (κ2) is 11.0. The third kappa shape index (κ3) is 6.63. The van der Waals surface area contributed by atoms with Crippen LogP contribution in [0.1, 0.15) is 12.5 Å². The summed E-state index contributed by atoms with van der Waals surface area (Å²) in [6.45, 7) is 5.31. The minimum absolute atomic E-state index is 0.350. The van der Waals surface area contributed by atoms with Gasteiger partial charge in [-0.1, -0.05) is 12.1 Å². The Morgan fingerprint density at radius 1 is 1.07 bits per heavy atom. The zero-order valence-corrected chi connectivity index (χ0v) is 17.0. The lowest BCUT2D eigenvalue weighted by atomic mass is 10.2. The third-order valence-corrected chi connectivity index (χ3v) is 4.48. The summed E-state index contributed by atoms with van der Waals surface area (Å²) in [6, 6.07) is 14.9. The number of rotatable bonds is 8. The molecule has 1 aliphatic rings. The van der Waals surface area contributed by atoms with Crippen molar-refractivity contribution in [3.05, 3.63) is 60.2 Å². The summed E-state index contributed by atoms with van der Waals surface area (Å²) < 4.78 is 15.7. The van der Waals surface area contributed by atoms with E-state index in [9.17, 15) is 9.59 Å². The average molecular weight is 410 g/mol. The van der Waals surface area contributed by atoms with Crippen molar-refractivity contribution in [2.75, 3.05) is 49.7 Å². The summed E-state index contributed by atoms with van der Waals surface area (Å²) in [7, 11) is 0. The number of nitrogens with one attached hydrogen (secondary N) is 1. The summed E-state index contributed by atoms with van der Waals surface area (Å²) in [5.41, 5.74) is 2.57. The maximum absolute atomic E-state index is 12.0. The molecule has 0 aliphatic carbocycles. The van der Waals surface area contributed by atoms with E-state index >= 15 is 0 Å². The second-order valence-corrected chi connectivity index (χ2v) is 6.64. The Balaban J connectivity index is 1.41. The number of esters is 1. The number of anilines is 2. The first-order valence-electron chi connectivity index (χ1n) is 9.94.